The van der Waals surface area contributed by atoms with Crippen molar-refractivity contribution in [2.24, 2.45) is 0 Å². The summed E-state index contributed by atoms with van der Waals surface area (Å²) in [5, 5.41) is 4.46. The second kappa shape index (κ2) is 4.44. The Balaban J connectivity index is 2.31. The molecule has 0 amide bonds. The minimum absolute atomic E-state index is 0.293. The van der Waals surface area contributed by atoms with Crippen molar-refractivity contribution < 1.29 is 4.39 Å². The van der Waals surface area contributed by atoms with Gasteiger partial charge < -0.3 is 0 Å². The lowest BCUT2D eigenvalue weighted by molar-refractivity contribution is 0.584. The summed E-state index contributed by atoms with van der Waals surface area (Å²) in [6.45, 7) is 0.293. The molecule has 2 rings (SSSR count). The average Bonchev–Trinajstić information content (AvgIpc) is 2.58. The first-order chi connectivity index (χ1) is 7.16. The first kappa shape index (κ1) is 10.8. The van der Waals surface area contributed by atoms with Gasteiger partial charge in [0.2, 0.25) is 3.83 Å². The molecule has 0 atom stereocenters. The van der Waals surface area contributed by atoms with Crippen LogP contribution >= 0.6 is 34.2 Å². The normalized spacial score (nSPS) is 10.6. The highest BCUT2D eigenvalue weighted by atomic mass is 127. The van der Waals surface area contributed by atoms with Crippen LogP contribution in [-0.4, -0.2) is 14.8 Å². The molecule has 0 spiro atoms. The van der Waals surface area contributed by atoms with Crippen LogP contribution in [0.3, 0.4) is 0 Å². The van der Waals surface area contributed by atoms with Gasteiger partial charge in [-0.2, -0.15) is 0 Å². The van der Waals surface area contributed by atoms with Gasteiger partial charge in [-0.25, -0.2) is 14.1 Å². The third-order valence-electron chi connectivity index (χ3n) is 1.89. The van der Waals surface area contributed by atoms with Gasteiger partial charge in [0.25, 0.3) is 0 Å². The molecule has 78 valence electrons. The number of benzene rings is 1. The van der Waals surface area contributed by atoms with Crippen LogP contribution in [0.1, 0.15) is 5.56 Å². The van der Waals surface area contributed by atoms with Gasteiger partial charge >= 0.3 is 0 Å². The molecule has 6 heteroatoms. The van der Waals surface area contributed by atoms with Gasteiger partial charge in [0.1, 0.15) is 12.1 Å². The van der Waals surface area contributed by atoms with Crippen LogP contribution in [0, 0.1) is 9.65 Å². The van der Waals surface area contributed by atoms with Crippen molar-refractivity contribution in [2.75, 3.05) is 0 Å². The van der Waals surface area contributed by atoms with E-state index in [0.29, 0.717) is 21.0 Å². The first-order valence-electron chi connectivity index (χ1n) is 4.14. The van der Waals surface area contributed by atoms with E-state index in [1.54, 1.807) is 23.1 Å². The predicted molar refractivity (Wildman–Crippen MR) is 63.3 cm³/mol. The fraction of sp³-hybridized carbons (Fsp3) is 0.111. The molecule has 0 saturated carbocycles. The Bertz CT molecular complexity index is 466. The Labute approximate surface area is 104 Å². The van der Waals surface area contributed by atoms with E-state index < -0.39 is 0 Å². The Kier molecular flexibility index (Phi) is 3.20. The van der Waals surface area contributed by atoms with Crippen LogP contribution in [0.25, 0.3) is 0 Å². The van der Waals surface area contributed by atoms with Crippen LogP contribution in [0.2, 0.25) is 5.02 Å². The molecule has 0 aliphatic heterocycles. The Hall–Kier alpha value is -0.690. The molecular weight excluding hydrogens is 331 g/mol. The summed E-state index contributed by atoms with van der Waals surface area (Å²) >= 11 is 7.87. The molecule has 0 N–H and O–H groups in total. The van der Waals surface area contributed by atoms with Gasteiger partial charge in [0.05, 0.1) is 6.54 Å². The van der Waals surface area contributed by atoms with Crippen LogP contribution in [0.15, 0.2) is 24.5 Å². The molecule has 0 aliphatic carbocycles. The van der Waals surface area contributed by atoms with E-state index in [4.69, 9.17) is 11.6 Å². The minimum Gasteiger partial charge on any atom is -0.247 e. The van der Waals surface area contributed by atoms with E-state index in [9.17, 15) is 4.39 Å². The van der Waals surface area contributed by atoms with E-state index in [1.165, 1.54) is 6.07 Å². The lowest BCUT2D eigenvalue weighted by atomic mass is 10.2. The summed E-state index contributed by atoms with van der Waals surface area (Å²) in [4.78, 5) is 3.95. The summed E-state index contributed by atoms with van der Waals surface area (Å²) in [5.74, 6) is -0.326. The Morgan fingerprint density at radius 3 is 2.87 bits per heavy atom. The molecule has 1 heterocycles. The zero-order chi connectivity index (χ0) is 10.8. The molecule has 1 aromatic carbocycles. The van der Waals surface area contributed by atoms with Crippen molar-refractivity contribution in [1.29, 1.82) is 0 Å². The van der Waals surface area contributed by atoms with Crippen LogP contribution < -0.4 is 0 Å². The van der Waals surface area contributed by atoms with Crippen molar-refractivity contribution in [2.45, 2.75) is 6.54 Å². The van der Waals surface area contributed by atoms with E-state index in [1.807, 2.05) is 22.6 Å². The molecule has 2 aromatic rings. The lowest BCUT2D eigenvalue weighted by Gasteiger charge is -2.04. The van der Waals surface area contributed by atoms with E-state index in [2.05, 4.69) is 10.1 Å². The smallest absolute Gasteiger partial charge is 0.211 e. The molecule has 0 unspecified atom stereocenters. The number of nitrogens with zero attached hydrogens (tertiary/aromatic N) is 3. The van der Waals surface area contributed by atoms with Crippen LogP contribution in [0.5, 0.6) is 0 Å². The molecule has 0 radical (unpaired) electrons. The highest BCUT2D eigenvalue weighted by Crippen LogP contribution is 2.19. The maximum atomic E-state index is 13.4. The van der Waals surface area contributed by atoms with Crippen LogP contribution in [-0.2, 0) is 6.54 Å². The number of halogens is 3. The largest absolute Gasteiger partial charge is 0.247 e. The topological polar surface area (TPSA) is 30.7 Å². The maximum absolute atomic E-state index is 13.4. The summed E-state index contributed by atoms with van der Waals surface area (Å²) in [6, 6.07) is 4.61. The fourth-order valence-corrected chi connectivity index (χ4v) is 1.82. The van der Waals surface area contributed by atoms with Crippen molar-refractivity contribution >= 4 is 34.2 Å². The molecule has 0 aliphatic rings. The average molecular weight is 338 g/mol. The lowest BCUT2D eigenvalue weighted by Crippen LogP contribution is -2.03. The number of aromatic nitrogens is 3. The summed E-state index contributed by atoms with van der Waals surface area (Å²) < 4.78 is 15.6. The second-order valence-corrected chi connectivity index (χ2v) is 4.28. The minimum atomic E-state index is -0.326. The monoisotopic (exact) mass is 337 g/mol. The zero-order valence-corrected chi connectivity index (χ0v) is 10.4. The van der Waals surface area contributed by atoms with Gasteiger partial charge in [0, 0.05) is 33.2 Å². The molecule has 3 nitrogen and oxygen atoms in total. The number of hydrogen-bond donors (Lipinski definition) is 0. The Morgan fingerprint density at radius 1 is 1.47 bits per heavy atom. The fourth-order valence-electron chi connectivity index (χ4n) is 1.19. The molecule has 0 saturated heterocycles. The van der Waals surface area contributed by atoms with Crippen molar-refractivity contribution in [3.63, 3.8) is 0 Å². The van der Waals surface area contributed by atoms with Gasteiger partial charge in [-0.05, 0) is 12.1 Å². The predicted octanol–water partition coefficient (Wildman–Crippen LogP) is 2.72. The van der Waals surface area contributed by atoms with Gasteiger partial charge in [-0.1, -0.05) is 17.7 Å². The van der Waals surface area contributed by atoms with Crippen molar-refractivity contribution in [3.8, 4) is 0 Å². The molecule has 0 bridgehead atoms. The zero-order valence-electron chi connectivity index (χ0n) is 7.49. The summed E-state index contributed by atoms with van der Waals surface area (Å²) in [5.41, 5.74) is 0.431. The number of rotatable bonds is 2. The standard InChI is InChI=1S/C9H6ClFIN3/c10-7-2-1-3-8(11)6(7)4-15-5-13-9(12)14-15/h1-3,5H,4H2. The summed E-state index contributed by atoms with van der Waals surface area (Å²) in [6.07, 6.45) is 1.55. The highest BCUT2D eigenvalue weighted by Gasteiger charge is 2.08. The molecule has 0 fully saturated rings. The Morgan fingerprint density at radius 2 is 2.27 bits per heavy atom. The molecule has 15 heavy (non-hydrogen) atoms. The van der Waals surface area contributed by atoms with Gasteiger partial charge in [-0.15, -0.1) is 5.10 Å². The first-order valence-corrected chi connectivity index (χ1v) is 5.60. The van der Waals surface area contributed by atoms with E-state index in [0.717, 1.165) is 0 Å². The van der Waals surface area contributed by atoms with E-state index >= 15 is 0 Å². The summed E-state index contributed by atoms with van der Waals surface area (Å²) in [7, 11) is 0. The maximum Gasteiger partial charge on any atom is 0.211 e. The van der Waals surface area contributed by atoms with E-state index in [-0.39, 0.29) is 5.82 Å². The van der Waals surface area contributed by atoms with Gasteiger partial charge in [-0.3, -0.25) is 0 Å². The van der Waals surface area contributed by atoms with Crippen LogP contribution in [0.4, 0.5) is 4.39 Å². The second-order valence-electron chi connectivity index (χ2n) is 2.91. The van der Waals surface area contributed by atoms with Gasteiger partial charge in [0.15, 0.2) is 0 Å². The third-order valence-corrected chi connectivity index (χ3v) is 2.74. The highest BCUT2D eigenvalue weighted by molar-refractivity contribution is 14.1. The number of hydrogen-bond acceptors (Lipinski definition) is 2. The molecular formula is C9H6ClFIN3. The molecule has 1 aromatic heterocycles. The quantitative estimate of drug-likeness (QED) is 0.789. The SMILES string of the molecule is Fc1cccc(Cl)c1Cn1cnc(I)n1. The third kappa shape index (κ3) is 2.46. The van der Waals surface area contributed by atoms with Crippen molar-refractivity contribution in [3.05, 3.63) is 44.8 Å². The van der Waals surface area contributed by atoms with Crippen molar-refractivity contribution in [1.82, 2.24) is 14.8 Å².